The Labute approximate surface area is 95.9 Å². The number of rotatable bonds is 8. The normalized spacial score (nSPS) is 17.5. The average molecular weight is 230 g/mol. The molecule has 0 radical (unpaired) electrons. The van der Waals surface area contributed by atoms with Crippen molar-refractivity contribution in [1.82, 2.24) is 0 Å². The van der Waals surface area contributed by atoms with Crippen molar-refractivity contribution >= 4 is 8.56 Å². The Balaban J connectivity index is 4.32. The van der Waals surface area contributed by atoms with Gasteiger partial charge in [-0.15, -0.1) is 6.58 Å². The van der Waals surface area contributed by atoms with Gasteiger partial charge in [-0.25, -0.2) is 0 Å². The SMILES string of the molecule is C=C[Si](C)(OCCC)OC(CC)C(C)C. The van der Waals surface area contributed by atoms with Crippen molar-refractivity contribution in [3.63, 3.8) is 0 Å². The molecule has 2 unspecified atom stereocenters. The lowest BCUT2D eigenvalue weighted by Gasteiger charge is -2.30. The van der Waals surface area contributed by atoms with Crippen molar-refractivity contribution in [2.75, 3.05) is 6.61 Å². The van der Waals surface area contributed by atoms with E-state index in [2.05, 4.69) is 40.8 Å². The Hall–Kier alpha value is -0.123. The van der Waals surface area contributed by atoms with Gasteiger partial charge in [0.25, 0.3) is 0 Å². The first-order valence-corrected chi connectivity index (χ1v) is 8.33. The molecule has 2 atom stereocenters. The molecule has 0 aliphatic carbocycles. The van der Waals surface area contributed by atoms with Gasteiger partial charge in [0.05, 0.1) is 0 Å². The first kappa shape index (κ1) is 14.9. The van der Waals surface area contributed by atoms with Gasteiger partial charge in [-0.3, -0.25) is 0 Å². The van der Waals surface area contributed by atoms with E-state index in [1.165, 1.54) is 0 Å². The molecule has 0 aliphatic rings. The van der Waals surface area contributed by atoms with Gasteiger partial charge in [0.1, 0.15) is 0 Å². The zero-order valence-electron chi connectivity index (χ0n) is 10.9. The molecule has 0 saturated carbocycles. The van der Waals surface area contributed by atoms with Crippen molar-refractivity contribution in [2.24, 2.45) is 5.92 Å². The van der Waals surface area contributed by atoms with Crippen molar-refractivity contribution in [3.8, 4) is 0 Å². The summed E-state index contributed by atoms with van der Waals surface area (Å²) in [5, 5.41) is 0. The van der Waals surface area contributed by atoms with Crippen molar-refractivity contribution in [1.29, 1.82) is 0 Å². The van der Waals surface area contributed by atoms with Gasteiger partial charge in [-0.1, -0.05) is 27.7 Å². The molecule has 0 N–H and O–H groups in total. The largest absolute Gasteiger partial charge is 0.391 e. The minimum atomic E-state index is -2.13. The molecule has 0 aromatic rings. The van der Waals surface area contributed by atoms with Crippen LogP contribution in [0.4, 0.5) is 0 Å². The molecule has 0 aromatic heterocycles. The molecule has 0 rings (SSSR count). The third kappa shape index (κ3) is 5.49. The second-order valence-electron chi connectivity index (χ2n) is 4.38. The van der Waals surface area contributed by atoms with Crippen LogP contribution in [0.5, 0.6) is 0 Å². The molecule has 0 bridgehead atoms. The van der Waals surface area contributed by atoms with Gasteiger partial charge < -0.3 is 8.85 Å². The van der Waals surface area contributed by atoms with E-state index in [9.17, 15) is 0 Å². The predicted molar refractivity (Wildman–Crippen MR) is 68.1 cm³/mol. The van der Waals surface area contributed by atoms with Crippen LogP contribution < -0.4 is 0 Å². The average Bonchev–Trinajstić information content (AvgIpc) is 2.22. The molecule has 0 aromatic carbocycles. The minimum absolute atomic E-state index is 0.288. The second kappa shape index (κ2) is 7.20. The molecule has 3 heteroatoms. The minimum Gasteiger partial charge on any atom is -0.391 e. The summed E-state index contributed by atoms with van der Waals surface area (Å²) >= 11 is 0. The lowest BCUT2D eigenvalue weighted by molar-refractivity contribution is 0.0897. The van der Waals surface area contributed by atoms with E-state index in [1.807, 2.05) is 5.70 Å². The predicted octanol–water partition coefficient (Wildman–Crippen LogP) is 3.66. The topological polar surface area (TPSA) is 18.5 Å². The van der Waals surface area contributed by atoms with Crippen molar-refractivity contribution < 1.29 is 8.85 Å². The summed E-state index contributed by atoms with van der Waals surface area (Å²) in [6.07, 6.45) is 2.35. The summed E-state index contributed by atoms with van der Waals surface area (Å²) in [6, 6.07) is 0. The van der Waals surface area contributed by atoms with Crippen molar-refractivity contribution in [3.05, 3.63) is 12.3 Å². The van der Waals surface area contributed by atoms with Crippen molar-refractivity contribution in [2.45, 2.75) is 53.2 Å². The molecular weight excluding hydrogens is 204 g/mol. The van der Waals surface area contributed by atoms with Crippen LogP contribution in [0.2, 0.25) is 6.55 Å². The van der Waals surface area contributed by atoms with Crippen LogP contribution in [0, 0.1) is 5.92 Å². The molecule has 0 amide bonds. The van der Waals surface area contributed by atoms with E-state index in [0.717, 1.165) is 19.4 Å². The third-order valence-electron chi connectivity index (χ3n) is 2.49. The second-order valence-corrected chi connectivity index (χ2v) is 7.34. The fourth-order valence-electron chi connectivity index (χ4n) is 1.44. The Bertz CT molecular complexity index is 182. The number of hydrogen-bond acceptors (Lipinski definition) is 2. The van der Waals surface area contributed by atoms with E-state index >= 15 is 0 Å². The van der Waals surface area contributed by atoms with E-state index in [0.29, 0.717) is 5.92 Å². The van der Waals surface area contributed by atoms with Crippen LogP contribution in [-0.2, 0) is 8.85 Å². The van der Waals surface area contributed by atoms with Crippen LogP contribution in [0.15, 0.2) is 12.3 Å². The maximum atomic E-state index is 6.10. The lowest BCUT2D eigenvalue weighted by atomic mass is 10.1. The zero-order valence-corrected chi connectivity index (χ0v) is 11.9. The molecule has 2 nitrogen and oxygen atoms in total. The monoisotopic (exact) mass is 230 g/mol. The van der Waals surface area contributed by atoms with E-state index in [4.69, 9.17) is 8.85 Å². The summed E-state index contributed by atoms with van der Waals surface area (Å²) in [5.74, 6) is 0.534. The molecule has 15 heavy (non-hydrogen) atoms. The highest BCUT2D eigenvalue weighted by Crippen LogP contribution is 2.19. The standard InChI is InChI=1S/C12H26O2Si/c1-7-10-13-15(6,9-3)14-12(8-2)11(4)5/h9,11-12H,3,7-8,10H2,1-2,4-6H3. The van der Waals surface area contributed by atoms with Gasteiger partial charge in [-0.05, 0) is 31.0 Å². The summed E-state index contributed by atoms with van der Waals surface area (Å²) in [7, 11) is -2.13. The van der Waals surface area contributed by atoms with Crippen LogP contribution in [0.3, 0.4) is 0 Å². The highest BCUT2D eigenvalue weighted by atomic mass is 28.4. The molecule has 0 fully saturated rings. The Morgan fingerprint density at radius 3 is 2.27 bits per heavy atom. The van der Waals surface area contributed by atoms with Crippen LogP contribution >= 0.6 is 0 Å². The fraction of sp³-hybridized carbons (Fsp3) is 0.833. The maximum Gasteiger partial charge on any atom is 0.361 e. The molecule has 0 aliphatic heterocycles. The summed E-state index contributed by atoms with van der Waals surface area (Å²) in [4.78, 5) is 0. The van der Waals surface area contributed by atoms with E-state index in [1.54, 1.807) is 0 Å². The maximum absolute atomic E-state index is 6.10. The van der Waals surface area contributed by atoms with Crippen LogP contribution in [0.25, 0.3) is 0 Å². The highest BCUT2D eigenvalue weighted by Gasteiger charge is 2.31. The molecule has 90 valence electrons. The lowest BCUT2D eigenvalue weighted by Crippen LogP contribution is -2.42. The van der Waals surface area contributed by atoms with Gasteiger partial charge >= 0.3 is 8.56 Å². The summed E-state index contributed by atoms with van der Waals surface area (Å²) in [6.45, 7) is 15.3. The van der Waals surface area contributed by atoms with E-state index < -0.39 is 8.56 Å². The fourth-order valence-corrected chi connectivity index (χ4v) is 3.37. The Morgan fingerprint density at radius 1 is 1.33 bits per heavy atom. The quantitative estimate of drug-likeness (QED) is 0.592. The Morgan fingerprint density at radius 2 is 1.93 bits per heavy atom. The van der Waals surface area contributed by atoms with Gasteiger partial charge in [-0.2, -0.15) is 0 Å². The first-order chi connectivity index (χ1) is 6.99. The summed E-state index contributed by atoms with van der Waals surface area (Å²) < 4.78 is 11.9. The molecular formula is C12H26O2Si. The van der Waals surface area contributed by atoms with E-state index in [-0.39, 0.29) is 6.10 Å². The van der Waals surface area contributed by atoms with Crippen LogP contribution in [-0.4, -0.2) is 21.3 Å². The van der Waals surface area contributed by atoms with Crippen LogP contribution in [0.1, 0.15) is 40.5 Å². The third-order valence-corrected chi connectivity index (χ3v) is 4.78. The van der Waals surface area contributed by atoms with Gasteiger partial charge in [0, 0.05) is 12.7 Å². The zero-order chi connectivity index (χ0) is 11.9. The van der Waals surface area contributed by atoms with Gasteiger partial charge in [0.15, 0.2) is 0 Å². The summed E-state index contributed by atoms with van der Waals surface area (Å²) in [5.41, 5.74) is 1.88. The highest BCUT2D eigenvalue weighted by molar-refractivity contribution is 6.71. The number of hydrogen-bond donors (Lipinski definition) is 0. The Kier molecular flexibility index (Phi) is 7.14. The smallest absolute Gasteiger partial charge is 0.361 e. The molecule has 0 spiro atoms. The van der Waals surface area contributed by atoms with Gasteiger partial charge in [0.2, 0.25) is 0 Å². The first-order valence-electron chi connectivity index (χ1n) is 5.94. The molecule has 0 heterocycles. The molecule has 0 saturated heterocycles.